The second kappa shape index (κ2) is 11.7. The first-order chi connectivity index (χ1) is 11.6. The molecule has 25 heavy (non-hydrogen) atoms. The van der Waals surface area contributed by atoms with Crippen LogP contribution >= 0.6 is 24.0 Å². The van der Waals surface area contributed by atoms with Crippen LogP contribution < -0.4 is 10.6 Å². The third-order valence-electron chi connectivity index (χ3n) is 4.89. The summed E-state index contributed by atoms with van der Waals surface area (Å²) in [4.78, 5) is 20.3. The first kappa shape index (κ1) is 22.2. The summed E-state index contributed by atoms with van der Waals surface area (Å²) in [6, 6.07) is 0.400. The number of guanidine groups is 1. The van der Waals surface area contributed by atoms with Gasteiger partial charge in [-0.1, -0.05) is 18.9 Å². The quantitative estimate of drug-likeness (QED) is 0.261. The van der Waals surface area contributed by atoms with Crippen molar-refractivity contribution in [3.8, 4) is 0 Å². The van der Waals surface area contributed by atoms with Gasteiger partial charge in [-0.3, -0.25) is 4.79 Å². The first-order valence-electron chi connectivity index (χ1n) is 9.16. The summed E-state index contributed by atoms with van der Waals surface area (Å²) in [6.07, 6.45) is 8.53. The number of amides is 1. The van der Waals surface area contributed by atoms with E-state index in [1.165, 1.54) is 32.2 Å². The molecule has 2 N–H and O–H groups in total. The van der Waals surface area contributed by atoms with Gasteiger partial charge in [0, 0.05) is 46.3 Å². The molecule has 144 valence electrons. The van der Waals surface area contributed by atoms with Gasteiger partial charge < -0.3 is 20.4 Å². The van der Waals surface area contributed by atoms with Gasteiger partial charge in [0.2, 0.25) is 5.91 Å². The molecule has 0 aromatic carbocycles. The number of carbonyl (C=O) groups is 1. The Balaban J connectivity index is 0.00000312. The SMILES string of the molecule is C=CCNC(=NCC(=O)N(C)C)NC1CCN(CC2CCCC2)C1.I. The number of hydrogen-bond donors (Lipinski definition) is 2. The molecule has 2 rings (SSSR count). The molecule has 0 spiro atoms. The summed E-state index contributed by atoms with van der Waals surface area (Å²) < 4.78 is 0. The number of halogens is 1. The van der Waals surface area contributed by atoms with Crippen molar-refractivity contribution in [2.45, 2.75) is 38.1 Å². The van der Waals surface area contributed by atoms with Crippen molar-refractivity contribution in [2.75, 3.05) is 46.8 Å². The monoisotopic (exact) mass is 463 g/mol. The number of likely N-dealkylation sites (tertiary alicyclic amines) is 1. The van der Waals surface area contributed by atoms with Gasteiger partial charge in [-0.2, -0.15) is 0 Å². The molecule has 1 aliphatic carbocycles. The molecule has 2 aliphatic rings. The molecule has 0 bridgehead atoms. The lowest BCUT2D eigenvalue weighted by Crippen LogP contribution is -2.45. The van der Waals surface area contributed by atoms with Crippen LogP contribution in [0.15, 0.2) is 17.6 Å². The topological polar surface area (TPSA) is 60.0 Å². The van der Waals surface area contributed by atoms with Crippen LogP contribution in [0.25, 0.3) is 0 Å². The van der Waals surface area contributed by atoms with E-state index in [1.807, 2.05) is 0 Å². The molecule has 1 saturated carbocycles. The highest BCUT2D eigenvalue weighted by Crippen LogP contribution is 2.26. The molecule has 1 amide bonds. The van der Waals surface area contributed by atoms with Crippen molar-refractivity contribution < 1.29 is 4.79 Å². The third-order valence-corrected chi connectivity index (χ3v) is 4.89. The normalized spacial score (nSPS) is 21.7. The smallest absolute Gasteiger partial charge is 0.243 e. The number of carbonyl (C=O) groups excluding carboxylic acids is 1. The summed E-state index contributed by atoms with van der Waals surface area (Å²) in [5, 5.41) is 6.69. The van der Waals surface area contributed by atoms with Crippen LogP contribution in [0.3, 0.4) is 0 Å². The van der Waals surface area contributed by atoms with E-state index in [4.69, 9.17) is 0 Å². The van der Waals surface area contributed by atoms with E-state index in [0.29, 0.717) is 18.5 Å². The van der Waals surface area contributed by atoms with Gasteiger partial charge in [-0.25, -0.2) is 4.99 Å². The summed E-state index contributed by atoms with van der Waals surface area (Å²) in [5.74, 6) is 1.61. The standard InChI is InChI=1S/C18H33N5O.HI/c1-4-10-19-18(20-12-17(24)22(2)3)21-16-9-11-23(14-16)13-15-7-5-6-8-15;/h4,15-16H,1,5-14H2,2-3H3,(H2,19,20,21);1H. The van der Waals surface area contributed by atoms with Crippen molar-refractivity contribution in [3.63, 3.8) is 0 Å². The van der Waals surface area contributed by atoms with Crippen LogP contribution in [0.1, 0.15) is 32.1 Å². The minimum absolute atomic E-state index is 0. The number of hydrogen-bond acceptors (Lipinski definition) is 3. The number of rotatable bonds is 7. The first-order valence-corrected chi connectivity index (χ1v) is 9.16. The maximum atomic E-state index is 11.7. The maximum Gasteiger partial charge on any atom is 0.243 e. The minimum Gasteiger partial charge on any atom is -0.353 e. The number of aliphatic imine (C=N–C) groups is 1. The predicted octanol–water partition coefficient (Wildman–Crippen LogP) is 1.68. The van der Waals surface area contributed by atoms with Crippen LogP contribution in [0, 0.1) is 5.92 Å². The number of nitrogens with zero attached hydrogens (tertiary/aromatic N) is 3. The fourth-order valence-corrected chi connectivity index (χ4v) is 3.48. The van der Waals surface area contributed by atoms with E-state index < -0.39 is 0 Å². The van der Waals surface area contributed by atoms with Crippen LogP contribution in [0.4, 0.5) is 0 Å². The molecule has 0 radical (unpaired) electrons. The zero-order valence-electron chi connectivity index (χ0n) is 15.7. The molecule has 7 heteroatoms. The van der Waals surface area contributed by atoms with Crippen molar-refractivity contribution in [2.24, 2.45) is 10.9 Å². The Morgan fingerprint density at radius 3 is 2.68 bits per heavy atom. The van der Waals surface area contributed by atoms with Crippen LogP contribution in [0.2, 0.25) is 0 Å². The molecule has 6 nitrogen and oxygen atoms in total. The van der Waals surface area contributed by atoms with Crippen molar-refractivity contribution in [3.05, 3.63) is 12.7 Å². The van der Waals surface area contributed by atoms with E-state index in [2.05, 4.69) is 27.1 Å². The van der Waals surface area contributed by atoms with Gasteiger partial charge in [-0.05, 0) is 25.2 Å². The van der Waals surface area contributed by atoms with Gasteiger partial charge in [0.15, 0.2) is 5.96 Å². The molecule has 1 aliphatic heterocycles. The molecule has 0 aromatic heterocycles. The second-order valence-electron chi connectivity index (χ2n) is 7.16. The van der Waals surface area contributed by atoms with Gasteiger partial charge in [0.05, 0.1) is 0 Å². The summed E-state index contributed by atoms with van der Waals surface area (Å²) in [5.41, 5.74) is 0. The fraction of sp³-hybridized carbons (Fsp3) is 0.778. The van der Waals surface area contributed by atoms with E-state index in [1.54, 1.807) is 25.1 Å². The Morgan fingerprint density at radius 1 is 1.32 bits per heavy atom. The fourth-order valence-electron chi connectivity index (χ4n) is 3.48. The van der Waals surface area contributed by atoms with Gasteiger partial charge in [0.1, 0.15) is 6.54 Å². The minimum atomic E-state index is 0. The molecule has 2 fully saturated rings. The van der Waals surface area contributed by atoms with Crippen molar-refractivity contribution in [1.29, 1.82) is 0 Å². The largest absolute Gasteiger partial charge is 0.353 e. The lowest BCUT2D eigenvalue weighted by atomic mass is 10.1. The summed E-state index contributed by atoms with van der Waals surface area (Å²) in [7, 11) is 3.50. The van der Waals surface area contributed by atoms with Gasteiger partial charge in [-0.15, -0.1) is 30.6 Å². The van der Waals surface area contributed by atoms with E-state index in [0.717, 1.165) is 25.4 Å². The highest BCUT2D eigenvalue weighted by atomic mass is 127. The van der Waals surface area contributed by atoms with E-state index >= 15 is 0 Å². The van der Waals surface area contributed by atoms with Gasteiger partial charge >= 0.3 is 0 Å². The van der Waals surface area contributed by atoms with Crippen LogP contribution in [-0.4, -0.2) is 74.5 Å². The number of nitrogens with one attached hydrogen (secondary N) is 2. The molecular weight excluding hydrogens is 429 g/mol. The zero-order valence-corrected chi connectivity index (χ0v) is 18.0. The Bertz CT molecular complexity index is 449. The van der Waals surface area contributed by atoms with Crippen molar-refractivity contribution in [1.82, 2.24) is 20.4 Å². The average molecular weight is 463 g/mol. The second-order valence-corrected chi connectivity index (χ2v) is 7.16. The lowest BCUT2D eigenvalue weighted by Gasteiger charge is -2.21. The van der Waals surface area contributed by atoms with E-state index in [9.17, 15) is 4.79 Å². The molecular formula is C18H34IN5O. The molecule has 1 saturated heterocycles. The van der Waals surface area contributed by atoms with Crippen LogP contribution in [0.5, 0.6) is 0 Å². The highest BCUT2D eigenvalue weighted by molar-refractivity contribution is 14.0. The van der Waals surface area contributed by atoms with E-state index in [-0.39, 0.29) is 36.4 Å². The maximum absolute atomic E-state index is 11.7. The summed E-state index contributed by atoms with van der Waals surface area (Å²) >= 11 is 0. The predicted molar refractivity (Wildman–Crippen MR) is 115 cm³/mol. The van der Waals surface area contributed by atoms with Crippen LogP contribution in [-0.2, 0) is 4.79 Å². The molecule has 1 heterocycles. The highest BCUT2D eigenvalue weighted by Gasteiger charge is 2.26. The van der Waals surface area contributed by atoms with Gasteiger partial charge in [0.25, 0.3) is 0 Å². The molecule has 0 aromatic rings. The third kappa shape index (κ3) is 7.94. The number of likely N-dealkylation sites (N-methyl/N-ethyl adjacent to an activating group) is 1. The Hall–Kier alpha value is -0.830. The zero-order chi connectivity index (χ0) is 17.4. The van der Waals surface area contributed by atoms with Crippen molar-refractivity contribution >= 4 is 35.8 Å². The Morgan fingerprint density at radius 2 is 2.04 bits per heavy atom. The lowest BCUT2D eigenvalue weighted by molar-refractivity contribution is -0.127. The molecule has 1 atom stereocenters. The Kier molecular flexibility index (Phi) is 10.4. The molecule has 1 unspecified atom stereocenters. The Labute approximate surface area is 169 Å². The summed E-state index contributed by atoms with van der Waals surface area (Å²) in [6.45, 7) is 7.99. The average Bonchev–Trinajstić information content (AvgIpc) is 3.22.